The number of carbonyl (C=O) groups is 1. The first-order valence-corrected chi connectivity index (χ1v) is 9.50. The van der Waals surface area contributed by atoms with E-state index in [1.807, 2.05) is 63.5 Å². The van der Waals surface area contributed by atoms with Crippen LogP contribution in [0.4, 0.5) is 10.5 Å². The van der Waals surface area contributed by atoms with Crippen molar-refractivity contribution in [2.75, 3.05) is 12.4 Å². The molecule has 1 amide bonds. The van der Waals surface area contributed by atoms with Crippen molar-refractivity contribution in [2.24, 2.45) is 0 Å². The van der Waals surface area contributed by atoms with Crippen molar-refractivity contribution in [3.63, 3.8) is 0 Å². The molecule has 0 radical (unpaired) electrons. The maximum Gasteiger partial charge on any atom is 0.412 e. The zero-order chi connectivity index (χ0) is 20.9. The van der Waals surface area contributed by atoms with Gasteiger partial charge in [0.05, 0.1) is 12.8 Å². The molecule has 0 spiro atoms. The molecule has 1 N–H and O–H groups in total. The van der Waals surface area contributed by atoms with Gasteiger partial charge in [-0.05, 0) is 73.7 Å². The minimum absolute atomic E-state index is 0.510. The first-order valence-electron chi connectivity index (χ1n) is 9.50. The van der Waals surface area contributed by atoms with Gasteiger partial charge < -0.3 is 9.47 Å². The Morgan fingerprint density at radius 3 is 2.17 bits per heavy atom. The van der Waals surface area contributed by atoms with Crippen LogP contribution in [0.25, 0.3) is 11.1 Å². The largest absolute Gasteiger partial charge is 0.495 e. The summed E-state index contributed by atoms with van der Waals surface area (Å²) >= 11 is 0. The highest BCUT2D eigenvalue weighted by molar-refractivity contribution is 5.88. The van der Waals surface area contributed by atoms with Gasteiger partial charge >= 0.3 is 6.09 Å². The Labute approximate surface area is 171 Å². The van der Waals surface area contributed by atoms with Gasteiger partial charge in [0.2, 0.25) is 0 Å². The summed E-state index contributed by atoms with van der Waals surface area (Å²) in [6.07, 6.45) is 3.97. The van der Waals surface area contributed by atoms with Gasteiger partial charge in [-0.2, -0.15) is 0 Å². The molecule has 2 aromatic carbocycles. The average molecular weight is 390 g/mol. The monoisotopic (exact) mass is 390 g/mol. The number of carbonyl (C=O) groups excluding carboxylic acids is 1. The molecular weight excluding hydrogens is 364 g/mol. The van der Waals surface area contributed by atoms with Gasteiger partial charge in [-0.1, -0.05) is 30.3 Å². The third-order valence-electron chi connectivity index (χ3n) is 4.28. The van der Waals surface area contributed by atoms with Crippen LogP contribution < -0.4 is 10.1 Å². The predicted octanol–water partition coefficient (Wildman–Crippen LogP) is 5.70. The highest BCUT2D eigenvalue weighted by atomic mass is 16.6. The lowest BCUT2D eigenvalue weighted by molar-refractivity contribution is 0.0635. The molecule has 0 unspecified atom stereocenters. The molecule has 0 fully saturated rings. The maximum absolute atomic E-state index is 12.0. The predicted molar refractivity (Wildman–Crippen MR) is 115 cm³/mol. The zero-order valence-electron chi connectivity index (χ0n) is 17.2. The van der Waals surface area contributed by atoms with Crippen LogP contribution in [-0.4, -0.2) is 23.8 Å². The minimum atomic E-state index is -0.560. The van der Waals surface area contributed by atoms with Crippen molar-refractivity contribution in [3.05, 3.63) is 78.1 Å². The molecule has 3 aromatic rings. The van der Waals surface area contributed by atoms with E-state index in [2.05, 4.69) is 34.6 Å². The summed E-state index contributed by atoms with van der Waals surface area (Å²) in [7, 11) is 1.58. The Morgan fingerprint density at radius 2 is 1.55 bits per heavy atom. The number of nitrogens with one attached hydrogen (secondary N) is 1. The average Bonchev–Trinajstić information content (AvgIpc) is 2.68. The number of pyridine rings is 1. The standard InChI is InChI=1S/C24H26N2O3/c1-24(2,3)29-23(27)26-21-10-9-20(16-22(21)28-4)19-7-5-17(6-8-19)15-18-11-13-25-14-12-18/h5-14,16H,15H2,1-4H3,(H,26,27). The SMILES string of the molecule is COc1cc(-c2ccc(Cc3ccncc3)cc2)ccc1NC(=O)OC(C)(C)C. The molecule has 1 heterocycles. The van der Waals surface area contributed by atoms with E-state index in [0.29, 0.717) is 11.4 Å². The molecule has 1 aromatic heterocycles. The number of hydrogen-bond acceptors (Lipinski definition) is 4. The maximum atomic E-state index is 12.0. The third-order valence-corrected chi connectivity index (χ3v) is 4.28. The first-order chi connectivity index (χ1) is 13.8. The van der Waals surface area contributed by atoms with Crippen LogP contribution in [0.3, 0.4) is 0 Å². The quantitative estimate of drug-likeness (QED) is 0.607. The molecule has 5 nitrogen and oxygen atoms in total. The van der Waals surface area contributed by atoms with Gasteiger partial charge in [0.25, 0.3) is 0 Å². The first kappa shape index (κ1) is 20.4. The lowest BCUT2D eigenvalue weighted by atomic mass is 10.0. The fourth-order valence-electron chi connectivity index (χ4n) is 2.94. The van der Waals surface area contributed by atoms with Crippen LogP contribution in [-0.2, 0) is 11.2 Å². The van der Waals surface area contributed by atoms with Gasteiger partial charge in [-0.15, -0.1) is 0 Å². The van der Waals surface area contributed by atoms with E-state index in [1.165, 1.54) is 11.1 Å². The van der Waals surface area contributed by atoms with Crippen molar-refractivity contribution in [2.45, 2.75) is 32.8 Å². The van der Waals surface area contributed by atoms with Crippen LogP contribution >= 0.6 is 0 Å². The van der Waals surface area contributed by atoms with Crippen molar-refractivity contribution in [3.8, 4) is 16.9 Å². The Balaban J connectivity index is 1.74. The Kier molecular flexibility index (Phi) is 6.17. The number of methoxy groups -OCH3 is 1. The molecule has 0 aliphatic carbocycles. The summed E-state index contributed by atoms with van der Waals surface area (Å²) in [4.78, 5) is 16.1. The number of anilines is 1. The highest BCUT2D eigenvalue weighted by Crippen LogP contribution is 2.31. The summed E-state index contributed by atoms with van der Waals surface area (Å²) < 4.78 is 10.8. The van der Waals surface area contributed by atoms with Gasteiger partial charge in [0.1, 0.15) is 11.4 Å². The van der Waals surface area contributed by atoms with Gasteiger partial charge in [0, 0.05) is 12.4 Å². The third kappa shape index (κ3) is 5.82. The number of benzene rings is 2. The molecule has 0 aliphatic rings. The minimum Gasteiger partial charge on any atom is -0.495 e. The van der Waals surface area contributed by atoms with Crippen molar-refractivity contribution in [1.82, 2.24) is 4.98 Å². The summed E-state index contributed by atoms with van der Waals surface area (Å²) in [6.45, 7) is 5.47. The topological polar surface area (TPSA) is 60.5 Å². The second-order valence-electron chi connectivity index (χ2n) is 7.77. The number of hydrogen-bond donors (Lipinski definition) is 1. The Hall–Kier alpha value is -3.34. The number of aromatic nitrogens is 1. The van der Waals surface area contributed by atoms with Crippen LogP contribution in [0, 0.1) is 0 Å². The van der Waals surface area contributed by atoms with Crippen molar-refractivity contribution >= 4 is 11.8 Å². The van der Waals surface area contributed by atoms with Crippen molar-refractivity contribution < 1.29 is 14.3 Å². The van der Waals surface area contributed by atoms with Crippen LogP contribution in [0.1, 0.15) is 31.9 Å². The van der Waals surface area contributed by atoms with E-state index in [1.54, 1.807) is 7.11 Å². The second kappa shape index (κ2) is 8.78. The summed E-state index contributed by atoms with van der Waals surface area (Å²) in [6, 6.07) is 18.1. The summed E-state index contributed by atoms with van der Waals surface area (Å²) in [5.74, 6) is 0.578. The Morgan fingerprint density at radius 1 is 0.931 bits per heavy atom. The molecule has 0 aliphatic heterocycles. The van der Waals surface area contributed by atoms with Crippen LogP contribution in [0.15, 0.2) is 67.0 Å². The van der Waals surface area contributed by atoms with E-state index in [9.17, 15) is 4.79 Å². The normalized spacial score (nSPS) is 11.0. The fraction of sp³-hybridized carbons (Fsp3) is 0.250. The van der Waals surface area contributed by atoms with Crippen LogP contribution in [0.5, 0.6) is 5.75 Å². The molecule has 0 bridgehead atoms. The second-order valence-corrected chi connectivity index (χ2v) is 7.77. The highest BCUT2D eigenvalue weighted by Gasteiger charge is 2.17. The zero-order valence-corrected chi connectivity index (χ0v) is 17.2. The lowest BCUT2D eigenvalue weighted by Gasteiger charge is -2.20. The fourth-order valence-corrected chi connectivity index (χ4v) is 2.94. The lowest BCUT2D eigenvalue weighted by Crippen LogP contribution is -2.27. The van der Waals surface area contributed by atoms with Gasteiger partial charge in [-0.25, -0.2) is 4.79 Å². The molecule has 0 atom stereocenters. The van der Waals surface area contributed by atoms with E-state index in [-0.39, 0.29) is 0 Å². The number of rotatable bonds is 5. The molecule has 29 heavy (non-hydrogen) atoms. The van der Waals surface area contributed by atoms with E-state index in [0.717, 1.165) is 17.5 Å². The molecule has 5 heteroatoms. The molecule has 150 valence electrons. The molecule has 3 rings (SSSR count). The van der Waals surface area contributed by atoms with Gasteiger partial charge in [-0.3, -0.25) is 10.3 Å². The van der Waals surface area contributed by atoms with E-state index in [4.69, 9.17) is 9.47 Å². The summed E-state index contributed by atoms with van der Waals surface area (Å²) in [5, 5.41) is 2.74. The molecule has 0 saturated carbocycles. The smallest absolute Gasteiger partial charge is 0.412 e. The van der Waals surface area contributed by atoms with E-state index >= 15 is 0 Å². The number of ether oxygens (including phenoxy) is 2. The van der Waals surface area contributed by atoms with Gasteiger partial charge in [0.15, 0.2) is 0 Å². The van der Waals surface area contributed by atoms with Crippen LogP contribution in [0.2, 0.25) is 0 Å². The summed E-state index contributed by atoms with van der Waals surface area (Å²) in [5.41, 5.74) is 4.55. The number of nitrogens with zero attached hydrogens (tertiary/aromatic N) is 1. The van der Waals surface area contributed by atoms with Crippen molar-refractivity contribution in [1.29, 1.82) is 0 Å². The number of amides is 1. The molecular formula is C24H26N2O3. The molecule has 0 saturated heterocycles. The van der Waals surface area contributed by atoms with E-state index < -0.39 is 11.7 Å². The Bertz CT molecular complexity index is 962.